The first kappa shape index (κ1) is 13.0. The van der Waals surface area contributed by atoms with Gasteiger partial charge in [-0.3, -0.25) is 0 Å². The summed E-state index contributed by atoms with van der Waals surface area (Å²) in [6, 6.07) is 5.96. The van der Waals surface area contributed by atoms with E-state index in [1.165, 1.54) is 0 Å². The molecule has 18 heavy (non-hydrogen) atoms. The fraction of sp³-hybridized carbons (Fsp3) is 0.357. The van der Waals surface area contributed by atoms with Crippen molar-refractivity contribution in [1.82, 2.24) is 4.98 Å². The third-order valence-corrected chi connectivity index (χ3v) is 3.49. The van der Waals surface area contributed by atoms with Gasteiger partial charge >= 0.3 is 0 Å². The van der Waals surface area contributed by atoms with Crippen LogP contribution in [-0.2, 0) is 0 Å². The summed E-state index contributed by atoms with van der Waals surface area (Å²) in [7, 11) is 1.90. The summed E-state index contributed by atoms with van der Waals surface area (Å²) in [5.41, 5.74) is 1.00. The van der Waals surface area contributed by atoms with E-state index in [-0.39, 0.29) is 0 Å². The molecule has 0 fully saturated rings. The van der Waals surface area contributed by atoms with E-state index < -0.39 is 0 Å². The Morgan fingerprint density at radius 1 is 1.28 bits per heavy atom. The van der Waals surface area contributed by atoms with Crippen LogP contribution in [0.2, 0.25) is 5.02 Å². The monoisotopic (exact) mass is 263 g/mol. The highest BCUT2D eigenvalue weighted by Gasteiger charge is 2.13. The van der Waals surface area contributed by atoms with Crippen LogP contribution in [0.5, 0.6) is 0 Å². The fourth-order valence-electron chi connectivity index (χ4n) is 2.20. The molecule has 0 aliphatic rings. The number of hydrogen-bond donors (Lipinski definition) is 1. The van der Waals surface area contributed by atoms with E-state index in [0.29, 0.717) is 0 Å². The third kappa shape index (κ3) is 2.10. The van der Waals surface area contributed by atoms with E-state index >= 15 is 0 Å². The quantitative estimate of drug-likeness (QED) is 0.910. The van der Waals surface area contributed by atoms with Crippen LogP contribution in [0.1, 0.15) is 13.8 Å². The van der Waals surface area contributed by atoms with Crippen molar-refractivity contribution in [2.45, 2.75) is 13.8 Å². The molecule has 4 heteroatoms. The van der Waals surface area contributed by atoms with Crippen LogP contribution < -0.4 is 10.2 Å². The molecule has 0 bridgehead atoms. The molecule has 0 unspecified atom stereocenters. The summed E-state index contributed by atoms with van der Waals surface area (Å²) in [4.78, 5) is 6.78. The van der Waals surface area contributed by atoms with Crippen molar-refractivity contribution in [3.8, 4) is 0 Å². The number of nitrogens with zero attached hydrogens (tertiary/aromatic N) is 2. The van der Waals surface area contributed by atoms with E-state index in [0.717, 1.165) is 40.4 Å². The van der Waals surface area contributed by atoms with E-state index in [9.17, 15) is 0 Å². The molecule has 1 aromatic heterocycles. The molecule has 0 saturated heterocycles. The molecule has 0 amide bonds. The number of aromatic nitrogens is 1. The van der Waals surface area contributed by atoms with Crippen LogP contribution in [0.3, 0.4) is 0 Å². The van der Waals surface area contributed by atoms with Gasteiger partial charge < -0.3 is 10.2 Å². The average Bonchev–Trinajstić information content (AvgIpc) is 2.40. The molecule has 2 aromatic rings. The minimum atomic E-state index is 0.749. The smallest absolute Gasteiger partial charge is 0.138 e. The first-order chi connectivity index (χ1) is 8.72. The average molecular weight is 264 g/mol. The molecule has 1 heterocycles. The molecule has 0 aliphatic heterocycles. The van der Waals surface area contributed by atoms with Crippen LogP contribution in [0.15, 0.2) is 24.4 Å². The van der Waals surface area contributed by atoms with E-state index in [2.05, 4.69) is 35.1 Å². The van der Waals surface area contributed by atoms with E-state index in [1.54, 1.807) is 0 Å². The molecule has 0 radical (unpaired) electrons. The lowest BCUT2D eigenvalue weighted by Gasteiger charge is -2.22. The van der Waals surface area contributed by atoms with Gasteiger partial charge in [-0.1, -0.05) is 23.7 Å². The van der Waals surface area contributed by atoms with Gasteiger partial charge in [0.2, 0.25) is 0 Å². The van der Waals surface area contributed by atoms with Gasteiger partial charge in [0.15, 0.2) is 0 Å². The van der Waals surface area contributed by atoms with Gasteiger partial charge in [0.25, 0.3) is 0 Å². The lowest BCUT2D eigenvalue weighted by Crippen LogP contribution is -2.23. The highest BCUT2D eigenvalue weighted by Crippen LogP contribution is 2.34. The van der Waals surface area contributed by atoms with Gasteiger partial charge in [-0.15, -0.1) is 0 Å². The third-order valence-electron chi connectivity index (χ3n) is 3.18. The molecule has 0 aliphatic carbocycles. The molecule has 1 N–H and O–H groups in total. The second-order valence-electron chi connectivity index (χ2n) is 4.08. The summed E-state index contributed by atoms with van der Waals surface area (Å²) >= 11 is 6.35. The van der Waals surface area contributed by atoms with Crippen LogP contribution in [0, 0.1) is 0 Å². The van der Waals surface area contributed by atoms with Crippen LogP contribution in [0.25, 0.3) is 10.8 Å². The number of halogens is 1. The van der Waals surface area contributed by atoms with Crippen LogP contribution >= 0.6 is 11.6 Å². The molecule has 1 aromatic carbocycles. The highest BCUT2D eigenvalue weighted by atomic mass is 35.5. The van der Waals surface area contributed by atoms with Gasteiger partial charge in [-0.05, 0) is 19.9 Å². The first-order valence-electron chi connectivity index (χ1n) is 6.22. The Labute approximate surface area is 113 Å². The van der Waals surface area contributed by atoms with Crippen molar-refractivity contribution < 1.29 is 0 Å². The standard InChI is InChI=1S/C14H18ClN3/c1-4-18(5-2)14-13-10(7-6-8-11(13)15)12(16-3)9-17-14/h6-9,16H,4-5H2,1-3H3. The largest absolute Gasteiger partial charge is 0.386 e. The molecule has 3 nitrogen and oxygen atoms in total. The normalized spacial score (nSPS) is 10.7. The maximum atomic E-state index is 6.35. The SMILES string of the molecule is CCN(CC)c1ncc(NC)c2cccc(Cl)c12. The zero-order valence-electron chi connectivity index (χ0n) is 11.0. The summed E-state index contributed by atoms with van der Waals surface area (Å²) in [5, 5.41) is 6.04. The van der Waals surface area contributed by atoms with Crippen molar-refractivity contribution in [3.63, 3.8) is 0 Å². The first-order valence-corrected chi connectivity index (χ1v) is 6.60. The second-order valence-corrected chi connectivity index (χ2v) is 4.49. The summed E-state index contributed by atoms with van der Waals surface area (Å²) in [6.07, 6.45) is 1.87. The van der Waals surface area contributed by atoms with Crippen molar-refractivity contribution in [2.24, 2.45) is 0 Å². The maximum absolute atomic E-state index is 6.35. The zero-order chi connectivity index (χ0) is 13.1. The lowest BCUT2D eigenvalue weighted by molar-refractivity contribution is 0.852. The number of benzene rings is 1. The second kappa shape index (κ2) is 5.44. The maximum Gasteiger partial charge on any atom is 0.138 e. The Bertz CT molecular complexity index is 550. The number of nitrogens with one attached hydrogen (secondary N) is 1. The Balaban J connectivity index is 2.76. The summed E-state index contributed by atoms with van der Waals surface area (Å²) in [5.74, 6) is 0.958. The topological polar surface area (TPSA) is 28.2 Å². The number of pyridine rings is 1. The molecule has 96 valence electrons. The predicted octanol–water partition coefficient (Wildman–Crippen LogP) is 3.78. The molecular weight excluding hydrogens is 246 g/mol. The van der Waals surface area contributed by atoms with Gasteiger partial charge in [0.05, 0.1) is 16.9 Å². The van der Waals surface area contributed by atoms with Crippen molar-refractivity contribution in [2.75, 3.05) is 30.4 Å². The molecular formula is C14H18ClN3. The Morgan fingerprint density at radius 3 is 2.61 bits per heavy atom. The van der Waals surface area contributed by atoms with Gasteiger partial charge in [-0.25, -0.2) is 4.98 Å². The zero-order valence-corrected chi connectivity index (χ0v) is 11.8. The Hall–Kier alpha value is -1.48. The number of fused-ring (bicyclic) bond motifs is 1. The highest BCUT2D eigenvalue weighted by molar-refractivity contribution is 6.37. The van der Waals surface area contributed by atoms with Crippen LogP contribution in [0.4, 0.5) is 11.5 Å². The fourth-order valence-corrected chi connectivity index (χ4v) is 2.46. The van der Waals surface area contributed by atoms with Crippen molar-refractivity contribution in [3.05, 3.63) is 29.4 Å². The van der Waals surface area contributed by atoms with E-state index in [4.69, 9.17) is 11.6 Å². The Morgan fingerprint density at radius 2 is 2.00 bits per heavy atom. The summed E-state index contributed by atoms with van der Waals surface area (Å²) < 4.78 is 0. The molecule has 2 rings (SSSR count). The van der Waals surface area contributed by atoms with E-state index in [1.807, 2.05) is 25.4 Å². The number of hydrogen-bond acceptors (Lipinski definition) is 3. The Kier molecular flexibility index (Phi) is 3.92. The number of anilines is 2. The van der Waals surface area contributed by atoms with Crippen molar-refractivity contribution >= 4 is 33.9 Å². The van der Waals surface area contributed by atoms with Crippen molar-refractivity contribution in [1.29, 1.82) is 0 Å². The lowest BCUT2D eigenvalue weighted by atomic mass is 10.1. The minimum Gasteiger partial charge on any atom is -0.386 e. The predicted molar refractivity (Wildman–Crippen MR) is 79.9 cm³/mol. The minimum absolute atomic E-state index is 0.749. The van der Waals surface area contributed by atoms with Crippen LogP contribution in [-0.4, -0.2) is 25.1 Å². The van der Waals surface area contributed by atoms with Gasteiger partial charge in [0.1, 0.15) is 5.82 Å². The molecule has 0 saturated carbocycles. The van der Waals surface area contributed by atoms with Gasteiger partial charge in [0, 0.05) is 30.9 Å². The number of rotatable bonds is 4. The molecule has 0 spiro atoms. The summed E-state index contributed by atoms with van der Waals surface area (Å²) in [6.45, 7) is 6.09. The molecule has 0 atom stereocenters. The van der Waals surface area contributed by atoms with Gasteiger partial charge in [-0.2, -0.15) is 0 Å².